The number of fused-ring (bicyclic) bond motifs is 8. The second-order valence-electron chi connectivity index (χ2n) is 7.32. The molecule has 158 valence electrons. The number of hydrogen-bond donors (Lipinski definition) is 2. The van der Waals surface area contributed by atoms with Crippen molar-refractivity contribution in [3.63, 3.8) is 0 Å². The van der Waals surface area contributed by atoms with Crippen LogP contribution in [0.3, 0.4) is 0 Å². The molecule has 4 aromatic heterocycles. The number of nitrogens with one attached hydrogen (secondary N) is 2. The molecule has 0 spiro atoms. The van der Waals surface area contributed by atoms with Crippen LogP contribution in [0.25, 0.3) is 57.5 Å². The number of aromatic nitrogens is 5. The van der Waals surface area contributed by atoms with Gasteiger partial charge >= 0.3 is 0 Å². The summed E-state index contributed by atoms with van der Waals surface area (Å²) in [6, 6.07) is 18.5. The lowest BCUT2D eigenvalue weighted by Gasteiger charge is -1.97. The van der Waals surface area contributed by atoms with Crippen molar-refractivity contribution in [2.24, 2.45) is 0 Å². The fraction of sp³-hybridized carbons (Fsp3) is 0. The highest BCUT2D eigenvalue weighted by Gasteiger charge is 2.06. The predicted octanol–water partition coefficient (Wildman–Crippen LogP) is 6.56. The number of halogens is 2. The van der Waals surface area contributed by atoms with Gasteiger partial charge in [-0.3, -0.25) is 4.98 Å². The van der Waals surface area contributed by atoms with Gasteiger partial charge in [0.2, 0.25) is 0 Å². The second kappa shape index (κ2) is 8.83. The van der Waals surface area contributed by atoms with E-state index >= 15 is 0 Å². The molecule has 0 saturated heterocycles. The quantitative estimate of drug-likeness (QED) is 0.292. The van der Waals surface area contributed by atoms with Gasteiger partial charge in [-0.2, -0.15) is 0 Å². The molecule has 2 aliphatic heterocycles. The van der Waals surface area contributed by atoms with Crippen LogP contribution >= 0.6 is 24.8 Å². The molecule has 0 aromatic carbocycles. The Morgan fingerprint density at radius 1 is 0.531 bits per heavy atom. The smallest absolute Gasteiger partial charge is 0.0659 e. The first-order valence-corrected chi connectivity index (χ1v) is 9.77. The van der Waals surface area contributed by atoms with E-state index < -0.39 is 0 Å². The average molecular weight is 460 g/mol. The van der Waals surface area contributed by atoms with E-state index in [2.05, 4.69) is 50.3 Å². The molecule has 6 heterocycles. The summed E-state index contributed by atoms with van der Waals surface area (Å²) < 4.78 is 0. The maximum absolute atomic E-state index is 4.74. The molecule has 0 radical (unpaired) electrons. The lowest BCUT2D eigenvalue weighted by molar-refractivity contribution is 1.28. The molecule has 0 fully saturated rings. The Balaban J connectivity index is 0.00000122. The highest BCUT2D eigenvalue weighted by Crippen LogP contribution is 2.27. The van der Waals surface area contributed by atoms with Crippen molar-refractivity contribution in [1.29, 1.82) is 0 Å². The van der Waals surface area contributed by atoms with Crippen LogP contribution in [0.2, 0.25) is 0 Å². The third-order valence-corrected chi connectivity index (χ3v) is 5.16. The minimum atomic E-state index is 0. The lowest BCUT2D eigenvalue weighted by Crippen LogP contribution is -1.78. The van der Waals surface area contributed by atoms with Gasteiger partial charge in [0.15, 0.2) is 0 Å². The molecule has 32 heavy (non-hydrogen) atoms. The highest BCUT2D eigenvalue weighted by molar-refractivity contribution is 5.87. The number of pyridine rings is 1. The van der Waals surface area contributed by atoms with E-state index in [0.717, 1.165) is 56.0 Å². The molecular weight excluding hydrogens is 441 g/mol. The van der Waals surface area contributed by atoms with Gasteiger partial charge in [0.05, 0.1) is 22.8 Å². The van der Waals surface area contributed by atoms with Gasteiger partial charge in [-0.15, -0.1) is 24.8 Å². The van der Waals surface area contributed by atoms with Crippen molar-refractivity contribution in [3.05, 3.63) is 89.8 Å². The van der Waals surface area contributed by atoms with E-state index in [0.29, 0.717) is 0 Å². The van der Waals surface area contributed by atoms with E-state index in [1.807, 2.05) is 61.0 Å². The Hall–Kier alpha value is -3.67. The zero-order valence-corrected chi connectivity index (χ0v) is 18.5. The van der Waals surface area contributed by atoms with Crippen LogP contribution in [-0.2, 0) is 0 Å². The summed E-state index contributed by atoms with van der Waals surface area (Å²) >= 11 is 0. The Labute approximate surface area is 196 Å². The number of hydrogen-bond acceptors (Lipinski definition) is 3. The fourth-order valence-electron chi connectivity index (χ4n) is 3.79. The molecular formula is C25H19Cl2N5. The minimum Gasteiger partial charge on any atom is -0.355 e. The van der Waals surface area contributed by atoms with E-state index in [1.165, 1.54) is 0 Å². The number of nitrogens with zero attached hydrogens (tertiary/aromatic N) is 3. The Morgan fingerprint density at radius 3 is 1.81 bits per heavy atom. The SMILES string of the molecule is C1=Cc2cc3ccc(cc4cc(-c5ccncc5)c(cc5nc(cc1n2)C=C5)[nH]4)[nH]3.Cl.Cl. The topological polar surface area (TPSA) is 70.2 Å². The van der Waals surface area contributed by atoms with Gasteiger partial charge < -0.3 is 9.97 Å². The number of H-pyrrole nitrogens is 2. The normalized spacial score (nSPS) is 11.6. The van der Waals surface area contributed by atoms with E-state index in [9.17, 15) is 0 Å². The molecule has 0 unspecified atom stereocenters. The average Bonchev–Trinajstić information content (AvgIpc) is 3.53. The van der Waals surface area contributed by atoms with Gasteiger partial charge in [0, 0.05) is 40.0 Å². The van der Waals surface area contributed by atoms with Gasteiger partial charge in [-0.1, -0.05) is 0 Å². The molecule has 2 aliphatic rings. The van der Waals surface area contributed by atoms with Crippen molar-refractivity contribution < 1.29 is 0 Å². The van der Waals surface area contributed by atoms with E-state index in [4.69, 9.17) is 4.98 Å². The molecule has 0 atom stereocenters. The van der Waals surface area contributed by atoms with Crippen molar-refractivity contribution in [1.82, 2.24) is 24.9 Å². The summed E-state index contributed by atoms with van der Waals surface area (Å²) in [5.41, 5.74) is 9.89. The zero-order chi connectivity index (χ0) is 19.9. The molecule has 0 aliphatic carbocycles. The van der Waals surface area contributed by atoms with Crippen LogP contribution in [-0.4, -0.2) is 24.9 Å². The third-order valence-electron chi connectivity index (χ3n) is 5.16. The summed E-state index contributed by atoms with van der Waals surface area (Å²) in [7, 11) is 0. The van der Waals surface area contributed by atoms with Crippen molar-refractivity contribution in [3.8, 4) is 11.1 Å². The van der Waals surface area contributed by atoms with Crippen LogP contribution in [0.1, 0.15) is 22.8 Å². The number of aromatic amines is 2. The largest absolute Gasteiger partial charge is 0.355 e. The molecule has 5 nitrogen and oxygen atoms in total. The zero-order valence-electron chi connectivity index (χ0n) is 16.8. The van der Waals surface area contributed by atoms with Gasteiger partial charge in [0.25, 0.3) is 0 Å². The second-order valence-corrected chi connectivity index (χ2v) is 7.32. The first-order chi connectivity index (χ1) is 14.8. The first kappa shape index (κ1) is 21.6. The summed E-state index contributed by atoms with van der Waals surface area (Å²) in [6.07, 6.45) is 11.7. The summed E-state index contributed by atoms with van der Waals surface area (Å²) in [6.45, 7) is 0. The van der Waals surface area contributed by atoms with E-state index in [1.54, 1.807) is 0 Å². The van der Waals surface area contributed by atoms with Crippen molar-refractivity contribution in [2.75, 3.05) is 0 Å². The predicted molar refractivity (Wildman–Crippen MR) is 137 cm³/mol. The highest BCUT2D eigenvalue weighted by atomic mass is 35.5. The van der Waals surface area contributed by atoms with Crippen LogP contribution in [0.15, 0.2) is 67.0 Å². The monoisotopic (exact) mass is 459 g/mol. The molecule has 0 amide bonds. The van der Waals surface area contributed by atoms with Gasteiger partial charge in [-0.25, -0.2) is 9.97 Å². The minimum absolute atomic E-state index is 0. The van der Waals surface area contributed by atoms with Crippen LogP contribution in [0.4, 0.5) is 0 Å². The molecule has 6 rings (SSSR count). The first-order valence-electron chi connectivity index (χ1n) is 9.77. The Morgan fingerprint density at radius 2 is 1.12 bits per heavy atom. The summed E-state index contributed by atoms with van der Waals surface area (Å²) in [5, 5.41) is 0. The molecule has 0 saturated carbocycles. The molecule has 2 N–H and O–H groups in total. The maximum Gasteiger partial charge on any atom is 0.0659 e. The molecule has 7 heteroatoms. The standard InChI is InChI=1S/C25H17N5.2ClH/c1-2-18-12-20-5-6-22(29-20)15-25-24(16-7-9-26-10-8-16)14-23(30-25)13-21-4-3-19(28-21)11-17(1)27-18;;/h1-15,28,30H;2*1H. The molecule has 8 bridgehead atoms. The van der Waals surface area contributed by atoms with Crippen LogP contribution in [0, 0.1) is 0 Å². The number of rotatable bonds is 1. The Kier molecular flexibility index (Phi) is 5.95. The van der Waals surface area contributed by atoms with Crippen molar-refractivity contribution in [2.45, 2.75) is 0 Å². The lowest BCUT2D eigenvalue weighted by atomic mass is 10.1. The Bertz CT molecular complexity index is 1500. The van der Waals surface area contributed by atoms with Crippen molar-refractivity contribution >= 4 is 71.2 Å². The molecule has 4 aromatic rings. The third kappa shape index (κ3) is 4.21. The maximum atomic E-state index is 4.74. The van der Waals surface area contributed by atoms with Crippen LogP contribution in [0.5, 0.6) is 0 Å². The summed E-state index contributed by atoms with van der Waals surface area (Å²) in [5.74, 6) is 0. The van der Waals surface area contributed by atoms with Crippen LogP contribution < -0.4 is 0 Å². The van der Waals surface area contributed by atoms with Gasteiger partial charge in [0.1, 0.15) is 0 Å². The van der Waals surface area contributed by atoms with Gasteiger partial charge in [-0.05, 0) is 84.5 Å². The van der Waals surface area contributed by atoms with E-state index in [-0.39, 0.29) is 24.8 Å². The fourth-order valence-corrected chi connectivity index (χ4v) is 3.79. The summed E-state index contributed by atoms with van der Waals surface area (Å²) in [4.78, 5) is 20.5.